The van der Waals surface area contributed by atoms with Crippen LogP contribution in [-0.4, -0.2) is 14.3 Å². The first kappa shape index (κ1) is 41.4. The molecule has 2 heterocycles. The molecule has 7 aromatic rings. The molecular weight excluding hydrogens is 703 g/mol. The van der Waals surface area contributed by atoms with E-state index in [0.717, 1.165) is 36.2 Å². The summed E-state index contributed by atoms with van der Waals surface area (Å²) in [6.45, 7) is 16.4. The van der Waals surface area contributed by atoms with Crippen molar-refractivity contribution in [2.45, 2.75) is 80.6 Å². The average molecular weight is 762 g/mol. The van der Waals surface area contributed by atoms with Gasteiger partial charge in [0.05, 0.1) is 17.4 Å². The lowest BCUT2D eigenvalue weighted by molar-refractivity contribution is 0.755. The number of aromatic nitrogens is 3. The Bertz CT molecular complexity index is 2670. The zero-order valence-electron chi connectivity index (χ0n) is 35.7. The molecule has 0 fully saturated rings. The van der Waals surface area contributed by atoms with Gasteiger partial charge >= 0.3 is 0 Å². The van der Waals surface area contributed by atoms with Gasteiger partial charge in [0.15, 0.2) is 0 Å². The van der Waals surface area contributed by atoms with Gasteiger partial charge in [-0.15, -0.1) is 0 Å². The van der Waals surface area contributed by atoms with Gasteiger partial charge in [-0.05, 0) is 101 Å². The maximum Gasteiger partial charge on any atom is 0.0741 e. The number of fused-ring (bicyclic) bond motifs is 4. The standard InChI is InChI=1S/C49H41N3.3C2H6/c1-3-17-47-46(33-50-52(47)41-23-13-6-7-14-24-41)49-34(2)51(48-32-44-38(31-45(48)49)27-26-37-22-15-16-25-43(37)44)42-29-39(35-18-9-4-5-10-19-35)28-40(30-42)36-20-11-8-12-21-36;3*1-2/h3-9,11-18,20-23,25-33,35H,10,19,24H2,1-2H3;3*1-2H3/b17-3-;;;. The summed E-state index contributed by atoms with van der Waals surface area (Å²) in [7, 11) is 0. The molecule has 5 aromatic carbocycles. The molecule has 294 valence electrons. The van der Waals surface area contributed by atoms with E-state index in [9.17, 15) is 0 Å². The molecule has 2 aromatic heterocycles. The summed E-state index contributed by atoms with van der Waals surface area (Å²) >= 11 is 0. The van der Waals surface area contributed by atoms with E-state index in [1.165, 1.54) is 66.1 Å². The van der Waals surface area contributed by atoms with Gasteiger partial charge in [-0.3, -0.25) is 0 Å². The summed E-state index contributed by atoms with van der Waals surface area (Å²) in [5, 5.41) is 11.3. The quantitative estimate of drug-likeness (QED) is 0.155. The topological polar surface area (TPSA) is 22.8 Å². The van der Waals surface area contributed by atoms with Crippen LogP contribution in [-0.2, 0) is 0 Å². The summed E-state index contributed by atoms with van der Waals surface area (Å²) in [5.74, 6) is 0.333. The van der Waals surface area contributed by atoms with Crippen LogP contribution in [0.4, 0.5) is 0 Å². The molecule has 0 aliphatic heterocycles. The highest BCUT2D eigenvalue weighted by Crippen LogP contribution is 2.43. The van der Waals surface area contributed by atoms with Gasteiger partial charge in [-0.1, -0.05) is 169 Å². The highest BCUT2D eigenvalue weighted by Gasteiger charge is 2.24. The minimum absolute atomic E-state index is 0.333. The van der Waals surface area contributed by atoms with E-state index in [4.69, 9.17) is 5.10 Å². The molecule has 1 atom stereocenters. The number of hydrogen-bond donors (Lipinski definition) is 0. The van der Waals surface area contributed by atoms with E-state index >= 15 is 0 Å². The number of rotatable bonds is 6. The van der Waals surface area contributed by atoms with E-state index in [2.05, 4.69) is 193 Å². The van der Waals surface area contributed by atoms with Gasteiger partial charge in [0.2, 0.25) is 0 Å². The van der Waals surface area contributed by atoms with Crippen LogP contribution >= 0.6 is 0 Å². The highest BCUT2D eigenvalue weighted by atomic mass is 15.3. The largest absolute Gasteiger partial charge is 0.313 e. The van der Waals surface area contributed by atoms with Crippen molar-refractivity contribution in [3.8, 4) is 27.9 Å². The van der Waals surface area contributed by atoms with Crippen LogP contribution in [0.3, 0.4) is 0 Å². The summed E-state index contributed by atoms with van der Waals surface area (Å²) in [6, 6.07) is 36.1. The molecule has 1 unspecified atom stereocenters. The third kappa shape index (κ3) is 8.27. The van der Waals surface area contributed by atoms with Crippen molar-refractivity contribution in [1.82, 2.24) is 14.3 Å². The maximum atomic E-state index is 5.05. The van der Waals surface area contributed by atoms with Gasteiger partial charge in [-0.25, -0.2) is 4.68 Å². The molecule has 0 amide bonds. The molecule has 0 bridgehead atoms. The van der Waals surface area contributed by atoms with Crippen LogP contribution in [0.2, 0.25) is 0 Å². The van der Waals surface area contributed by atoms with E-state index in [-0.39, 0.29) is 0 Å². The van der Waals surface area contributed by atoms with Crippen LogP contribution in [0, 0.1) is 6.92 Å². The second kappa shape index (κ2) is 19.8. The molecule has 58 heavy (non-hydrogen) atoms. The van der Waals surface area contributed by atoms with Gasteiger partial charge in [0.1, 0.15) is 0 Å². The minimum Gasteiger partial charge on any atom is -0.313 e. The van der Waals surface area contributed by atoms with Crippen molar-refractivity contribution in [2.75, 3.05) is 0 Å². The monoisotopic (exact) mass is 761 g/mol. The molecule has 3 heteroatoms. The van der Waals surface area contributed by atoms with Crippen LogP contribution < -0.4 is 0 Å². The molecule has 0 radical (unpaired) electrons. The third-order valence-corrected chi connectivity index (χ3v) is 10.7. The fourth-order valence-electron chi connectivity index (χ4n) is 8.21. The predicted octanol–water partition coefficient (Wildman–Crippen LogP) is 16.2. The van der Waals surface area contributed by atoms with E-state index in [1.54, 1.807) is 0 Å². The summed E-state index contributed by atoms with van der Waals surface area (Å²) in [4.78, 5) is 0. The van der Waals surface area contributed by atoms with Crippen molar-refractivity contribution in [3.63, 3.8) is 0 Å². The molecule has 0 saturated heterocycles. The molecule has 0 spiro atoms. The summed E-state index contributed by atoms with van der Waals surface area (Å²) < 4.78 is 4.63. The Kier molecular flexibility index (Phi) is 14.1. The van der Waals surface area contributed by atoms with Crippen LogP contribution in [0.15, 0.2) is 164 Å². The predicted molar refractivity (Wildman–Crippen MR) is 256 cm³/mol. The third-order valence-electron chi connectivity index (χ3n) is 10.7. The number of hydrogen-bond acceptors (Lipinski definition) is 1. The van der Waals surface area contributed by atoms with Gasteiger partial charge in [0.25, 0.3) is 0 Å². The first-order valence-electron chi connectivity index (χ1n) is 21.4. The lowest BCUT2D eigenvalue weighted by Crippen LogP contribution is -2.02. The second-order valence-electron chi connectivity index (χ2n) is 13.9. The Labute approximate surface area is 346 Å². The lowest BCUT2D eigenvalue weighted by Gasteiger charge is -2.18. The van der Waals surface area contributed by atoms with Gasteiger partial charge in [-0.2, -0.15) is 5.10 Å². The van der Waals surface area contributed by atoms with Crippen LogP contribution in [0.5, 0.6) is 0 Å². The molecule has 9 rings (SSSR count). The van der Waals surface area contributed by atoms with E-state index < -0.39 is 0 Å². The molecular formula is C55H59N3. The fourth-order valence-corrected chi connectivity index (χ4v) is 8.21. The van der Waals surface area contributed by atoms with Crippen molar-refractivity contribution in [2.24, 2.45) is 0 Å². The highest BCUT2D eigenvalue weighted by molar-refractivity contribution is 6.15. The van der Waals surface area contributed by atoms with Crippen molar-refractivity contribution in [3.05, 3.63) is 181 Å². The second-order valence-corrected chi connectivity index (χ2v) is 13.9. The minimum atomic E-state index is 0.333. The van der Waals surface area contributed by atoms with E-state index in [0.29, 0.717) is 5.92 Å². The lowest BCUT2D eigenvalue weighted by atomic mass is 9.91. The van der Waals surface area contributed by atoms with Crippen molar-refractivity contribution < 1.29 is 0 Å². The smallest absolute Gasteiger partial charge is 0.0741 e. The zero-order valence-corrected chi connectivity index (χ0v) is 35.7. The maximum absolute atomic E-state index is 5.05. The first-order chi connectivity index (χ1) is 28.7. The Morgan fingerprint density at radius 2 is 1.43 bits per heavy atom. The van der Waals surface area contributed by atoms with Crippen LogP contribution in [0.1, 0.15) is 90.6 Å². The molecule has 3 nitrogen and oxygen atoms in total. The first-order valence-corrected chi connectivity index (χ1v) is 21.4. The molecule has 2 aliphatic rings. The Morgan fingerprint density at radius 3 is 2.24 bits per heavy atom. The normalized spacial score (nSPS) is 14.6. The Hall–Kier alpha value is -6.19. The average Bonchev–Trinajstić information content (AvgIpc) is 3.51. The number of benzene rings is 5. The van der Waals surface area contributed by atoms with Gasteiger partial charge in [0, 0.05) is 45.9 Å². The summed E-state index contributed by atoms with van der Waals surface area (Å²) in [5.41, 5.74) is 12.0. The molecule has 2 aliphatic carbocycles. The Balaban J connectivity index is 0.000000905. The van der Waals surface area contributed by atoms with Crippen LogP contribution in [0.25, 0.3) is 72.2 Å². The SMILES string of the molecule is C/C=C\c1c(-c2c(C)n(-c3cc(-c4ccccc4)cc(C4C=CC=CCC4)c3)c3cc4c(ccc5ccccc54)cc23)cnn1C1=CC=CC=CC1.CC.CC.CC. The van der Waals surface area contributed by atoms with Crippen molar-refractivity contribution >= 4 is 44.2 Å². The fraction of sp³-hybridized carbons (Fsp3) is 0.218. The number of allylic oxidation sites excluding steroid dienone is 11. The zero-order chi connectivity index (χ0) is 41.0. The number of nitrogens with zero attached hydrogens (tertiary/aromatic N) is 3. The van der Waals surface area contributed by atoms with Crippen molar-refractivity contribution in [1.29, 1.82) is 0 Å². The molecule has 0 N–H and O–H groups in total. The molecule has 0 saturated carbocycles. The van der Waals surface area contributed by atoms with E-state index in [1.807, 2.05) is 41.5 Å². The Morgan fingerprint density at radius 1 is 0.672 bits per heavy atom. The summed E-state index contributed by atoms with van der Waals surface area (Å²) in [6.07, 6.45) is 29.1. The van der Waals surface area contributed by atoms with Gasteiger partial charge < -0.3 is 4.57 Å².